The first-order valence-corrected chi connectivity index (χ1v) is 17.3. The summed E-state index contributed by atoms with van der Waals surface area (Å²) in [5.74, 6) is 2.33. The largest absolute Gasteiger partial charge is 0.0776 e. The Bertz CT molecular complexity index is 1110. The molecule has 0 fully saturated rings. The number of hydrogen-bond donors (Lipinski definition) is 0. The van der Waals surface area contributed by atoms with E-state index in [1.54, 1.807) is 0 Å². The molecule has 47 heavy (non-hydrogen) atoms. The quantitative estimate of drug-likeness (QED) is 0.180. The van der Waals surface area contributed by atoms with E-state index in [1.165, 1.54) is 27.5 Å². The minimum atomic E-state index is 0. The van der Waals surface area contributed by atoms with E-state index in [-0.39, 0.29) is 14.9 Å². The molecule has 0 spiro atoms. The van der Waals surface area contributed by atoms with Gasteiger partial charge in [0, 0.05) is 0 Å². The molecular weight excluding hydrogens is 565 g/mol. The van der Waals surface area contributed by atoms with Crippen LogP contribution in [0.5, 0.6) is 0 Å². The van der Waals surface area contributed by atoms with Crippen molar-refractivity contribution < 1.29 is 0 Å². The van der Waals surface area contributed by atoms with Gasteiger partial charge in [0.25, 0.3) is 0 Å². The van der Waals surface area contributed by atoms with Crippen molar-refractivity contribution in [2.45, 2.75) is 118 Å². The minimum Gasteiger partial charge on any atom is -0.0776 e. The van der Waals surface area contributed by atoms with E-state index < -0.39 is 0 Å². The zero-order valence-electron chi connectivity index (χ0n) is 31.5. The van der Waals surface area contributed by atoms with Crippen LogP contribution in [0.25, 0.3) is 21.9 Å². The van der Waals surface area contributed by atoms with Crippen LogP contribution in [-0.2, 0) is 0 Å². The van der Waals surface area contributed by atoms with Crippen molar-refractivity contribution >= 4 is 10.8 Å². The number of fused-ring (bicyclic) bond motifs is 1. The summed E-state index contributed by atoms with van der Waals surface area (Å²) in [6, 6.07) is 48.0. The molecule has 0 aromatic heterocycles. The standard InChI is InChI=1S/C12H10.C10H8.C9H12.2C4H10.3C2H6.2CH4/c1-3-7-11(8-4-1)12-9-5-2-6-10-12;1-2-6-10-8-4-3-7-9(10)5-1;1-8(2)9-6-4-3-5-7-9;2*1-4(2)3;3*1-2;;/h1-10H;1-8H;3-8H,1-2H3;2*4H,1-3H3;3*1-2H3;2*1H4. The molecule has 0 aliphatic carbocycles. The predicted octanol–water partition coefficient (Wildman–Crippen LogP) is 16.7. The van der Waals surface area contributed by atoms with Crippen molar-refractivity contribution in [1.29, 1.82) is 0 Å². The molecule has 5 aromatic carbocycles. The van der Waals surface area contributed by atoms with E-state index >= 15 is 0 Å². The Morgan fingerprint density at radius 2 is 0.489 bits per heavy atom. The van der Waals surface area contributed by atoms with Crippen LogP contribution in [0.1, 0.15) is 123 Å². The minimum absolute atomic E-state index is 0. The van der Waals surface area contributed by atoms with Crippen molar-refractivity contribution in [3.8, 4) is 11.1 Å². The summed E-state index contributed by atoms with van der Waals surface area (Å²) in [7, 11) is 0. The smallest absolute Gasteiger partial charge is 0.0184 e. The zero-order valence-corrected chi connectivity index (χ0v) is 31.5. The second kappa shape index (κ2) is 38.5. The molecule has 264 valence electrons. The molecular formula is C47H76. The van der Waals surface area contributed by atoms with E-state index in [1.807, 2.05) is 59.7 Å². The van der Waals surface area contributed by atoms with Gasteiger partial charge in [-0.3, -0.25) is 0 Å². The summed E-state index contributed by atoms with van der Waals surface area (Å²) in [6.07, 6.45) is 0. The fourth-order valence-corrected chi connectivity index (χ4v) is 3.23. The van der Waals surface area contributed by atoms with Gasteiger partial charge in [0.15, 0.2) is 0 Å². The van der Waals surface area contributed by atoms with Crippen LogP contribution in [0.15, 0.2) is 140 Å². The number of rotatable bonds is 2. The van der Waals surface area contributed by atoms with Crippen molar-refractivity contribution in [2.24, 2.45) is 11.8 Å². The lowest BCUT2D eigenvalue weighted by Crippen LogP contribution is -1.83. The van der Waals surface area contributed by atoms with Gasteiger partial charge in [-0.05, 0) is 45.2 Å². The Morgan fingerprint density at radius 3 is 0.681 bits per heavy atom. The van der Waals surface area contributed by atoms with Crippen molar-refractivity contribution in [2.75, 3.05) is 0 Å². The molecule has 0 bridgehead atoms. The maximum atomic E-state index is 2.20. The second-order valence-corrected chi connectivity index (χ2v) is 11.1. The van der Waals surface area contributed by atoms with Crippen molar-refractivity contribution in [1.82, 2.24) is 0 Å². The molecule has 0 saturated carbocycles. The maximum absolute atomic E-state index is 2.20. The molecule has 0 nitrogen and oxygen atoms in total. The van der Waals surface area contributed by atoms with Crippen molar-refractivity contribution in [3.63, 3.8) is 0 Å². The van der Waals surface area contributed by atoms with E-state index in [4.69, 9.17) is 0 Å². The first kappa shape index (κ1) is 52.9. The van der Waals surface area contributed by atoms with E-state index in [9.17, 15) is 0 Å². The lowest BCUT2D eigenvalue weighted by molar-refractivity contribution is 0.736. The van der Waals surface area contributed by atoms with E-state index in [0.29, 0.717) is 5.92 Å². The third kappa shape index (κ3) is 32.1. The van der Waals surface area contributed by atoms with Gasteiger partial charge in [-0.25, -0.2) is 0 Å². The summed E-state index contributed by atoms with van der Waals surface area (Å²) in [4.78, 5) is 0. The average molecular weight is 641 g/mol. The molecule has 5 aromatic rings. The van der Waals surface area contributed by atoms with Crippen LogP contribution in [0.3, 0.4) is 0 Å². The van der Waals surface area contributed by atoms with Gasteiger partial charge in [0.2, 0.25) is 0 Å². The van der Waals surface area contributed by atoms with Gasteiger partial charge < -0.3 is 0 Å². The molecule has 0 aliphatic rings. The van der Waals surface area contributed by atoms with E-state index in [0.717, 1.165) is 11.8 Å². The normalized spacial score (nSPS) is 8.45. The zero-order chi connectivity index (χ0) is 34.9. The fraction of sp³-hybridized carbons (Fsp3) is 0.404. The summed E-state index contributed by atoms with van der Waals surface area (Å²) >= 11 is 0. The Labute approximate surface area is 295 Å². The molecule has 0 heterocycles. The monoisotopic (exact) mass is 641 g/mol. The molecule has 0 heteroatoms. The molecule has 5 rings (SSSR count). The second-order valence-electron chi connectivity index (χ2n) is 11.1. The first-order chi connectivity index (χ1) is 21.7. The molecule has 0 aliphatic heterocycles. The third-order valence-corrected chi connectivity index (χ3v) is 5.01. The van der Waals surface area contributed by atoms with Crippen LogP contribution in [0.2, 0.25) is 0 Å². The molecule has 0 amide bonds. The average Bonchev–Trinajstić information content (AvgIpc) is 3.09. The SMILES string of the molecule is C.C.CC.CC.CC.CC(C)C.CC(C)C.CC(C)c1ccccc1.c1ccc(-c2ccccc2)cc1.c1ccc2ccccc2c1. The number of benzene rings is 5. The van der Waals surface area contributed by atoms with Gasteiger partial charge in [0.1, 0.15) is 0 Å². The summed E-state index contributed by atoms with van der Waals surface area (Å²) < 4.78 is 0. The molecule has 0 atom stereocenters. The van der Waals surface area contributed by atoms with Crippen LogP contribution < -0.4 is 0 Å². The maximum Gasteiger partial charge on any atom is -0.0184 e. The summed E-state index contributed by atoms with van der Waals surface area (Å²) in [5.41, 5.74) is 3.97. The van der Waals surface area contributed by atoms with Crippen LogP contribution in [-0.4, -0.2) is 0 Å². The highest BCUT2D eigenvalue weighted by molar-refractivity contribution is 5.82. The third-order valence-electron chi connectivity index (χ3n) is 5.01. The first-order valence-electron chi connectivity index (χ1n) is 17.3. The fourth-order valence-electron chi connectivity index (χ4n) is 3.23. The molecule has 0 N–H and O–H groups in total. The van der Waals surface area contributed by atoms with Crippen molar-refractivity contribution in [3.05, 3.63) is 145 Å². The predicted molar refractivity (Wildman–Crippen MR) is 225 cm³/mol. The Hall–Kier alpha value is -3.64. The van der Waals surface area contributed by atoms with Gasteiger partial charge in [0.05, 0.1) is 0 Å². The highest BCUT2D eigenvalue weighted by Gasteiger charge is 1.93. The lowest BCUT2D eigenvalue weighted by atomic mass is 10.0. The highest BCUT2D eigenvalue weighted by Crippen LogP contribution is 2.17. The molecule has 0 saturated heterocycles. The van der Waals surface area contributed by atoms with Gasteiger partial charge in [-0.2, -0.15) is 0 Å². The summed E-state index contributed by atoms with van der Waals surface area (Å²) in [5, 5.41) is 2.62. The molecule has 0 unspecified atom stereocenters. The van der Waals surface area contributed by atoms with Crippen LogP contribution >= 0.6 is 0 Å². The Morgan fingerprint density at radius 1 is 0.298 bits per heavy atom. The van der Waals surface area contributed by atoms with Gasteiger partial charge in [-0.1, -0.05) is 251 Å². The Balaban J connectivity index is -0.000000156. The van der Waals surface area contributed by atoms with Gasteiger partial charge >= 0.3 is 0 Å². The Kier molecular flexibility index (Phi) is 43.4. The molecule has 0 radical (unpaired) electrons. The van der Waals surface area contributed by atoms with Crippen LogP contribution in [0.4, 0.5) is 0 Å². The lowest BCUT2D eigenvalue weighted by Gasteiger charge is -2.01. The number of hydrogen-bond acceptors (Lipinski definition) is 0. The van der Waals surface area contributed by atoms with E-state index in [2.05, 4.69) is 177 Å². The highest BCUT2D eigenvalue weighted by atomic mass is 14.0. The van der Waals surface area contributed by atoms with Crippen LogP contribution in [0, 0.1) is 11.8 Å². The topological polar surface area (TPSA) is 0 Å². The summed E-state index contributed by atoms with van der Waals surface area (Å²) in [6.45, 7) is 29.4. The van der Waals surface area contributed by atoms with Gasteiger partial charge in [-0.15, -0.1) is 0 Å².